The molecule has 1 rings (SSSR count). The van der Waals surface area contributed by atoms with E-state index in [0.717, 1.165) is 0 Å². The molecule has 1 saturated heterocycles. The second-order valence-corrected chi connectivity index (χ2v) is 6.15. The maximum atomic E-state index is 11.9. The van der Waals surface area contributed by atoms with E-state index in [1.807, 2.05) is 34.6 Å². The molecule has 4 heteroatoms. The number of carbonyl (C=O) groups is 1. The molecule has 1 aliphatic heterocycles. The molecule has 0 spiro atoms. The lowest BCUT2D eigenvalue weighted by molar-refractivity contribution is 0.00339. The van der Waals surface area contributed by atoms with Crippen molar-refractivity contribution in [3.63, 3.8) is 0 Å². The van der Waals surface area contributed by atoms with E-state index < -0.39 is 5.60 Å². The number of nitrogens with zero attached hydrogens (tertiary/aromatic N) is 2. The van der Waals surface area contributed by atoms with E-state index in [1.54, 1.807) is 4.90 Å². The van der Waals surface area contributed by atoms with Gasteiger partial charge in [-0.1, -0.05) is 0 Å². The Hall–Kier alpha value is -1.24. The molecule has 0 saturated carbocycles. The van der Waals surface area contributed by atoms with Crippen molar-refractivity contribution in [3.8, 4) is 6.07 Å². The Morgan fingerprint density at radius 1 is 1.53 bits per heavy atom. The quantitative estimate of drug-likeness (QED) is 0.652. The van der Waals surface area contributed by atoms with E-state index in [2.05, 4.69) is 6.07 Å². The van der Waals surface area contributed by atoms with Crippen LogP contribution in [0.1, 0.15) is 47.5 Å². The van der Waals surface area contributed by atoms with Gasteiger partial charge >= 0.3 is 6.09 Å². The summed E-state index contributed by atoms with van der Waals surface area (Å²) in [5, 5.41) is 9.09. The number of nitriles is 1. The summed E-state index contributed by atoms with van der Waals surface area (Å²) < 4.78 is 5.35. The molecule has 1 amide bonds. The molecule has 4 nitrogen and oxygen atoms in total. The molecular formula is C13H22N2O2. The van der Waals surface area contributed by atoms with Gasteiger partial charge in [-0.25, -0.2) is 4.79 Å². The van der Waals surface area contributed by atoms with Gasteiger partial charge in [-0.3, -0.25) is 0 Å². The zero-order valence-corrected chi connectivity index (χ0v) is 11.4. The molecule has 1 heterocycles. The van der Waals surface area contributed by atoms with Crippen LogP contribution in [-0.4, -0.2) is 29.2 Å². The number of rotatable bonds is 0. The van der Waals surface area contributed by atoms with E-state index in [4.69, 9.17) is 10.00 Å². The zero-order chi connectivity index (χ0) is 13.3. The fourth-order valence-corrected chi connectivity index (χ4v) is 2.15. The summed E-state index contributed by atoms with van der Waals surface area (Å²) in [5.41, 5.74) is -0.773. The van der Waals surface area contributed by atoms with Gasteiger partial charge in [-0.05, 0) is 47.5 Å². The molecular weight excluding hydrogens is 216 g/mol. The second-order valence-electron chi connectivity index (χ2n) is 6.15. The van der Waals surface area contributed by atoms with Crippen LogP contribution in [0.5, 0.6) is 0 Å². The van der Waals surface area contributed by atoms with Gasteiger partial charge in [-0.15, -0.1) is 0 Å². The number of hydrogen-bond donors (Lipinski definition) is 0. The largest absolute Gasteiger partial charge is 0.444 e. The van der Waals surface area contributed by atoms with Crippen LogP contribution in [0.25, 0.3) is 0 Å². The Labute approximate surface area is 104 Å². The number of ether oxygens (including phenoxy) is 1. The van der Waals surface area contributed by atoms with Crippen LogP contribution < -0.4 is 0 Å². The third-order valence-corrected chi connectivity index (χ3v) is 3.08. The first-order valence-electron chi connectivity index (χ1n) is 6.08. The number of amides is 1. The molecule has 0 aromatic rings. The molecule has 96 valence electrons. The molecule has 0 N–H and O–H groups in total. The van der Waals surface area contributed by atoms with Crippen molar-refractivity contribution >= 4 is 6.09 Å². The van der Waals surface area contributed by atoms with Crippen molar-refractivity contribution in [2.24, 2.45) is 5.41 Å². The fraction of sp³-hybridized carbons (Fsp3) is 0.846. The molecule has 0 aromatic heterocycles. The summed E-state index contributed by atoms with van der Waals surface area (Å²) in [7, 11) is 0. The summed E-state index contributed by atoms with van der Waals surface area (Å²) in [6, 6.07) is 2.40. The lowest BCUT2D eigenvalue weighted by Gasteiger charge is -2.40. The lowest BCUT2D eigenvalue weighted by Crippen LogP contribution is -2.49. The van der Waals surface area contributed by atoms with Gasteiger partial charge in [0.05, 0.1) is 11.5 Å². The van der Waals surface area contributed by atoms with Crippen molar-refractivity contribution in [2.45, 2.75) is 59.1 Å². The van der Waals surface area contributed by atoms with Crippen molar-refractivity contribution < 1.29 is 9.53 Å². The van der Waals surface area contributed by atoms with Crippen LogP contribution in [-0.2, 0) is 4.74 Å². The van der Waals surface area contributed by atoms with Crippen LogP contribution in [0.2, 0.25) is 0 Å². The Bertz CT molecular complexity index is 340. The maximum Gasteiger partial charge on any atom is 0.410 e. The standard InChI is InChI=1S/C13H22N2O2/c1-10-8-13(5,9-14)6-7-15(10)11(16)17-12(2,3)4/h10H,6-8H2,1-5H3. The van der Waals surface area contributed by atoms with Crippen LogP contribution in [0.3, 0.4) is 0 Å². The summed E-state index contributed by atoms with van der Waals surface area (Å²) in [6.07, 6.45) is 1.15. The van der Waals surface area contributed by atoms with Crippen LogP contribution in [0.15, 0.2) is 0 Å². The first kappa shape index (κ1) is 13.8. The Morgan fingerprint density at radius 2 is 2.12 bits per heavy atom. The van der Waals surface area contributed by atoms with Crippen molar-refractivity contribution in [3.05, 3.63) is 0 Å². The second kappa shape index (κ2) is 4.56. The fourth-order valence-electron chi connectivity index (χ4n) is 2.15. The van der Waals surface area contributed by atoms with Crippen molar-refractivity contribution in [1.29, 1.82) is 5.26 Å². The van der Waals surface area contributed by atoms with E-state index in [-0.39, 0.29) is 17.6 Å². The summed E-state index contributed by atoms with van der Waals surface area (Å²) in [6.45, 7) is 10.1. The molecule has 0 aromatic carbocycles. The normalized spacial score (nSPS) is 29.6. The predicted molar refractivity (Wildman–Crippen MR) is 65.4 cm³/mol. The van der Waals surface area contributed by atoms with Gasteiger partial charge in [0.2, 0.25) is 0 Å². The number of likely N-dealkylation sites (tertiary alicyclic amines) is 1. The van der Waals surface area contributed by atoms with Gasteiger partial charge in [0.25, 0.3) is 0 Å². The summed E-state index contributed by atoms with van der Waals surface area (Å²) >= 11 is 0. The highest BCUT2D eigenvalue weighted by molar-refractivity contribution is 5.68. The third-order valence-electron chi connectivity index (χ3n) is 3.08. The molecule has 0 aliphatic carbocycles. The smallest absolute Gasteiger partial charge is 0.410 e. The first-order chi connectivity index (χ1) is 7.67. The molecule has 2 unspecified atom stereocenters. The average molecular weight is 238 g/mol. The maximum absolute atomic E-state index is 11.9. The highest BCUT2D eigenvalue weighted by atomic mass is 16.6. The predicted octanol–water partition coefficient (Wildman–Crippen LogP) is 2.94. The van der Waals surface area contributed by atoms with Crippen LogP contribution in [0.4, 0.5) is 4.79 Å². The zero-order valence-electron chi connectivity index (χ0n) is 11.4. The minimum atomic E-state index is -0.465. The van der Waals surface area contributed by atoms with Gasteiger partial charge < -0.3 is 9.64 Å². The first-order valence-corrected chi connectivity index (χ1v) is 6.08. The molecule has 0 radical (unpaired) electrons. The SMILES string of the molecule is CC1CC(C)(C#N)CCN1C(=O)OC(C)(C)C. The summed E-state index contributed by atoms with van der Waals surface area (Å²) in [5.74, 6) is 0. The average Bonchev–Trinajstić information content (AvgIpc) is 2.14. The monoisotopic (exact) mass is 238 g/mol. The van der Waals surface area contributed by atoms with Crippen LogP contribution >= 0.6 is 0 Å². The number of carbonyl (C=O) groups excluding carboxylic acids is 1. The Balaban J connectivity index is 2.65. The molecule has 1 fully saturated rings. The molecule has 17 heavy (non-hydrogen) atoms. The minimum Gasteiger partial charge on any atom is -0.444 e. The highest BCUT2D eigenvalue weighted by Crippen LogP contribution is 2.34. The molecule has 1 aliphatic rings. The van der Waals surface area contributed by atoms with E-state index in [0.29, 0.717) is 19.4 Å². The van der Waals surface area contributed by atoms with E-state index in [9.17, 15) is 4.79 Å². The van der Waals surface area contributed by atoms with Gasteiger partial charge in [0.1, 0.15) is 5.60 Å². The summed E-state index contributed by atoms with van der Waals surface area (Å²) in [4.78, 5) is 13.7. The number of hydrogen-bond acceptors (Lipinski definition) is 3. The van der Waals surface area contributed by atoms with Gasteiger partial charge in [0, 0.05) is 12.6 Å². The number of piperidine rings is 1. The van der Waals surface area contributed by atoms with Crippen LogP contribution in [0, 0.1) is 16.7 Å². The van der Waals surface area contributed by atoms with Gasteiger partial charge in [0.15, 0.2) is 0 Å². The lowest BCUT2D eigenvalue weighted by atomic mass is 9.79. The third kappa shape index (κ3) is 3.62. The van der Waals surface area contributed by atoms with E-state index in [1.165, 1.54) is 0 Å². The Kier molecular flexibility index (Phi) is 3.71. The van der Waals surface area contributed by atoms with Crippen molar-refractivity contribution in [2.75, 3.05) is 6.54 Å². The minimum absolute atomic E-state index is 0.0586. The van der Waals surface area contributed by atoms with Crippen molar-refractivity contribution in [1.82, 2.24) is 4.90 Å². The van der Waals surface area contributed by atoms with Gasteiger partial charge in [-0.2, -0.15) is 5.26 Å². The topological polar surface area (TPSA) is 53.3 Å². The molecule has 0 bridgehead atoms. The molecule has 2 atom stereocenters. The highest BCUT2D eigenvalue weighted by Gasteiger charge is 2.37. The van der Waals surface area contributed by atoms with E-state index >= 15 is 0 Å². The Morgan fingerprint density at radius 3 is 2.53 bits per heavy atom.